The van der Waals surface area contributed by atoms with Crippen molar-refractivity contribution in [2.45, 2.75) is 6.29 Å². The summed E-state index contributed by atoms with van der Waals surface area (Å²) in [5.41, 5.74) is 2.87. The van der Waals surface area contributed by atoms with Crippen molar-refractivity contribution in [1.82, 2.24) is 21.1 Å². The van der Waals surface area contributed by atoms with E-state index in [9.17, 15) is 4.79 Å². The van der Waals surface area contributed by atoms with Crippen LogP contribution in [0.1, 0.15) is 0 Å². The minimum atomic E-state index is -0.0718. The smallest absolute Gasteiger partial charge is 0.265 e. The quantitative estimate of drug-likeness (QED) is 0.374. The molecular formula is C5H8N4O. The number of fused-ring (bicyclic) bond motifs is 1. The predicted octanol–water partition coefficient (Wildman–Crippen LogP) is -1.72. The van der Waals surface area contributed by atoms with Crippen LogP contribution in [0.4, 0.5) is 0 Å². The monoisotopic (exact) mass is 140 g/mol. The van der Waals surface area contributed by atoms with Crippen molar-refractivity contribution in [3.05, 3.63) is 12.3 Å². The Morgan fingerprint density at radius 2 is 2.60 bits per heavy atom. The second kappa shape index (κ2) is 1.96. The molecule has 0 spiro atoms. The Labute approximate surface area is 58.0 Å². The van der Waals surface area contributed by atoms with Crippen molar-refractivity contribution in [1.29, 1.82) is 0 Å². The first-order valence-electron chi connectivity index (χ1n) is 3.10. The van der Waals surface area contributed by atoms with E-state index in [2.05, 4.69) is 16.1 Å². The Morgan fingerprint density at radius 1 is 1.70 bits per heavy atom. The number of carbonyl (C=O) groups is 1. The van der Waals surface area contributed by atoms with Crippen molar-refractivity contribution >= 4 is 5.91 Å². The third kappa shape index (κ3) is 0.680. The molecule has 5 heteroatoms. The van der Waals surface area contributed by atoms with Crippen LogP contribution >= 0.6 is 0 Å². The molecule has 2 aliphatic heterocycles. The zero-order valence-electron chi connectivity index (χ0n) is 5.29. The average Bonchev–Trinajstić information content (AvgIpc) is 2.36. The van der Waals surface area contributed by atoms with Crippen LogP contribution in [0, 0.1) is 0 Å². The molecule has 0 aromatic rings. The Morgan fingerprint density at radius 3 is 3.40 bits per heavy atom. The van der Waals surface area contributed by atoms with Crippen LogP contribution in [0.15, 0.2) is 12.3 Å². The van der Waals surface area contributed by atoms with Crippen LogP contribution in [0.5, 0.6) is 0 Å². The van der Waals surface area contributed by atoms with Gasteiger partial charge in [-0.1, -0.05) is 0 Å². The molecule has 2 aliphatic rings. The lowest BCUT2D eigenvalue weighted by Crippen LogP contribution is -2.52. The van der Waals surface area contributed by atoms with Crippen LogP contribution in [0.2, 0.25) is 0 Å². The number of nitrogens with one attached hydrogen (secondary N) is 3. The molecule has 0 aliphatic carbocycles. The minimum Gasteiger partial charge on any atom is -0.358 e. The highest BCUT2D eigenvalue weighted by atomic mass is 16.2. The van der Waals surface area contributed by atoms with E-state index >= 15 is 0 Å². The highest BCUT2D eigenvalue weighted by Crippen LogP contribution is 2.00. The number of amides is 1. The molecule has 1 amide bonds. The van der Waals surface area contributed by atoms with E-state index in [1.807, 2.05) is 0 Å². The van der Waals surface area contributed by atoms with Gasteiger partial charge in [0.2, 0.25) is 0 Å². The Kier molecular flexibility index (Phi) is 1.12. The molecule has 0 bridgehead atoms. The molecule has 1 saturated heterocycles. The predicted molar refractivity (Wildman–Crippen MR) is 34.0 cm³/mol. The van der Waals surface area contributed by atoms with Crippen LogP contribution in [-0.2, 0) is 4.79 Å². The number of nitrogens with zero attached hydrogens (tertiary/aromatic N) is 1. The first kappa shape index (κ1) is 5.70. The second-order valence-electron chi connectivity index (χ2n) is 2.15. The van der Waals surface area contributed by atoms with Gasteiger partial charge in [-0.2, -0.15) is 0 Å². The van der Waals surface area contributed by atoms with Gasteiger partial charge in [-0.15, -0.1) is 0 Å². The Balaban J connectivity index is 2.20. The summed E-state index contributed by atoms with van der Waals surface area (Å²) in [6.07, 6.45) is 3.05. The zero-order valence-corrected chi connectivity index (χ0v) is 5.29. The van der Waals surface area contributed by atoms with Gasteiger partial charge in [-0.05, 0) is 0 Å². The van der Waals surface area contributed by atoms with Gasteiger partial charge in [-0.3, -0.25) is 10.1 Å². The molecule has 2 rings (SSSR count). The summed E-state index contributed by atoms with van der Waals surface area (Å²) in [5.74, 6) is -0.0197. The van der Waals surface area contributed by atoms with Gasteiger partial charge in [0.25, 0.3) is 5.91 Å². The summed E-state index contributed by atoms with van der Waals surface area (Å²) in [6, 6.07) is 0. The van der Waals surface area contributed by atoms with Crippen molar-refractivity contribution < 1.29 is 4.79 Å². The lowest BCUT2D eigenvalue weighted by molar-refractivity contribution is -0.131. The van der Waals surface area contributed by atoms with E-state index in [-0.39, 0.29) is 12.2 Å². The van der Waals surface area contributed by atoms with Gasteiger partial charge in [0.1, 0.15) is 0 Å². The van der Waals surface area contributed by atoms with Crippen molar-refractivity contribution in [3.8, 4) is 0 Å². The van der Waals surface area contributed by atoms with Crippen molar-refractivity contribution in [2.24, 2.45) is 0 Å². The van der Waals surface area contributed by atoms with Gasteiger partial charge < -0.3 is 5.32 Å². The molecule has 1 fully saturated rings. The van der Waals surface area contributed by atoms with E-state index in [0.29, 0.717) is 6.67 Å². The average molecular weight is 140 g/mol. The first-order chi connectivity index (χ1) is 4.88. The topological polar surface area (TPSA) is 56.4 Å². The summed E-state index contributed by atoms with van der Waals surface area (Å²) >= 11 is 0. The largest absolute Gasteiger partial charge is 0.358 e. The van der Waals surface area contributed by atoms with Crippen LogP contribution in [-0.4, -0.2) is 23.9 Å². The molecule has 5 nitrogen and oxygen atoms in total. The molecule has 0 aromatic heterocycles. The Hall–Kier alpha value is -1.07. The summed E-state index contributed by atoms with van der Waals surface area (Å²) < 4.78 is 0. The number of hydrazine groups is 1. The molecule has 1 atom stereocenters. The first-order valence-corrected chi connectivity index (χ1v) is 3.10. The number of hydrogen-bond acceptors (Lipinski definition) is 4. The van der Waals surface area contributed by atoms with Gasteiger partial charge in [0.15, 0.2) is 6.29 Å². The second-order valence-corrected chi connectivity index (χ2v) is 2.15. The van der Waals surface area contributed by atoms with E-state index < -0.39 is 0 Å². The van der Waals surface area contributed by atoms with Crippen LogP contribution in [0.25, 0.3) is 0 Å². The van der Waals surface area contributed by atoms with E-state index in [4.69, 9.17) is 0 Å². The van der Waals surface area contributed by atoms with Crippen LogP contribution in [0.3, 0.4) is 0 Å². The number of hydrogen-bond donors (Lipinski definition) is 3. The third-order valence-corrected chi connectivity index (χ3v) is 1.52. The summed E-state index contributed by atoms with van der Waals surface area (Å²) in [4.78, 5) is 11.0. The van der Waals surface area contributed by atoms with Crippen molar-refractivity contribution in [2.75, 3.05) is 6.67 Å². The van der Waals surface area contributed by atoms with E-state index in [1.54, 1.807) is 6.20 Å². The fraction of sp³-hybridized carbons (Fsp3) is 0.400. The number of rotatable bonds is 0. The molecule has 0 aromatic carbocycles. The van der Waals surface area contributed by atoms with Gasteiger partial charge in [-0.25, -0.2) is 10.4 Å². The van der Waals surface area contributed by atoms with E-state index in [1.165, 1.54) is 11.1 Å². The van der Waals surface area contributed by atoms with Gasteiger partial charge in [0, 0.05) is 12.3 Å². The number of carbonyl (C=O) groups excluding carboxylic acids is 1. The standard InChI is InChI=1S/C5H8N4O/c10-4-1-2-6-5-7-3-8-9(4)5/h1-2,5-8H,3H2. The maximum absolute atomic E-state index is 11.0. The molecule has 2 heterocycles. The molecule has 10 heavy (non-hydrogen) atoms. The van der Waals surface area contributed by atoms with Crippen molar-refractivity contribution in [3.63, 3.8) is 0 Å². The molecule has 0 saturated carbocycles. The molecule has 3 N–H and O–H groups in total. The highest BCUT2D eigenvalue weighted by molar-refractivity contribution is 5.88. The summed E-state index contributed by atoms with van der Waals surface area (Å²) in [7, 11) is 0. The Bertz CT molecular complexity index is 190. The lowest BCUT2D eigenvalue weighted by atomic mass is 10.4. The normalized spacial score (nSPS) is 30.2. The third-order valence-electron chi connectivity index (χ3n) is 1.52. The molecule has 1 unspecified atom stereocenters. The fourth-order valence-electron chi connectivity index (χ4n) is 1.04. The maximum Gasteiger partial charge on any atom is 0.265 e. The molecule has 54 valence electrons. The summed E-state index contributed by atoms with van der Waals surface area (Å²) in [6.45, 7) is 0.630. The maximum atomic E-state index is 11.0. The molecular weight excluding hydrogens is 132 g/mol. The van der Waals surface area contributed by atoms with Crippen LogP contribution < -0.4 is 16.1 Å². The summed E-state index contributed by atoms with van der Waals surface area (Å²) in [5, 5.41) is 7.50. The minimum absolute atomic E-state index is 0.0197. The van der Waals surface area contributed by atoms with Gasteiger partial charge >= 0.3 is 0 Å². The van der Waals surface area contributed by atoms with Gasteiger partial charge in [0.05, 0.1) is 6.67 Å². The zero-order chi connectivity index (χ0) is 6.97. The highest BCUT2D eigenvalue weighted by Gasteiger charge is 2.27. The fourth-order valence-corrected chi connectivity index (χ4v) is 1.04. The molecule has 0 radical (unpaired) electrons. The lowest BCUT2D eigenvalue weighted by Gasteiger charge is -2.25. The SMILES string of the molecule is O=C1C=CNC2NCNN12. The van der Waals surface area contributed by atoms with E-state index in [0.717, 1.165) is 0 Å².